The number of carbonyl (C=O) groups excluding carboxylic acids is 2. The van der Waals surface area contributed by atoms with Crippen LogP contribution in [-0.4, -0.2) is 22.9 Å². The number of nitro benzene ring substituents is 1. The number of hydrogen-bond donors (Lipinski definition) is 1. The first kappa shape index (κ1) is 16.2. The number of non-ortho nitro benzene ring substituents is 1. The average Bonchev–Trinajstić information content (AvgIpc) is 2.55. The first-order chi connectivity index (χ1) is 11.0. The van der Waals surface area contributed by atoms with E-state index in [2.05, 4.69) is 5.32 Å². The molecule has 1 N–H and O–H groups in total. The summed E-state index contributed by atoms with van der Waals surface area (Å²) >= 11 is 0. The van der Waals surface area contributed by atoms with Gasteiger partial charge in [-0.2, -0.15) is 0 Å². The minimum Gasteiger partial charge on any atom is -0.449 e. The molecule has 118 valence electrons. The number of benzene rings is 2. The van der Waals surface area contributed by atoms with E-state index in [1.165, 1.54) is 25.1 Å². The van der Waals surface area contributed by atoms with Gasteiger partial charge in [0.25, 0.3) is 11.6 Å². The molecule has 0 aliphatic rings. The SMILES string of the molecule is C[C@H](OC(=O)c1cccc([N+](=O)[O-])c1)C(=O)Nc1ccccc1. The van der Waals surface area contributed by atoms with E-state index in [1.54, 1.807) is 30.3 Å². The van der Waals surface area contributed by atoms with Gasteiger partial charge in [0, 0.05) is 17.8 Å². The van der Waals surface area contributed by atoms with Gasteiger partial charge in [-0.25, -0.2) is 4.79 Å². The standard InChI is InChI=1S/C16H14N2O5/c1-11(15(19)17-13-7-3-2-4-8-13)23-16(20)12-6-5-9-14(10-12)18(21)22/h2-11H,1H3,(H,17,19)/t11-/m0/s1. The molecule has 1 amide bonds. The summed E-state index contributed by atoms with van der Waals surface area (Å²) in [5.74, 6) is -1.29. The van der Waals surface area contributed by atoms with E-state index in [0.29, 0.717) is 5.69 Å². The van der Waals surface area contributed by atoms with Gasteiger partial charge in [-0.05, 0) is 25.1 Å². The molecule has 2 rings (SSSR count). The first-order valence-corrected chi connectivity index (χ1v) is 6.78. The van der Waals surface area contributed by atoms with Gasteiger partial charge in [-0.15, -0.1) is 0 Å². The fourth-order valence-corrected chi connectivity index (χ4v) is 1.79. The Morgan fingerprint density at radius 2 is 1.83 bits per heavy atom. The van der Waals surface area contributed by atoms with Gasteiger partial charge in [0.15, 0.2) is 6.10 Å². The van der Waals surface area contributed by atoms with Gasteiger partial charge < -0.3 is 10.1 Å². The maximum Gasteiger partial charge on any atom is 0.339 e. The molecule has 0 heterocycles. The lowest BCUT2D eigenvalue weighted by molar-refractivity contribution is -0.384. The highest BCUT2D eigenvalue weighted by molar-refractivity contribution is 5.97. The first-order valence-electron chi connectivity index (χ1n) is 6.78. The second-order valence-corrected chi connectivity index (χ2v) is 4.71. The number of para-hydroxylation sites is 1. The Hall–Kier alpha value is -3.22. The highest BCUT2D eigenvalue weighted by Gasteiger charge is 2.20. The number of nitrogens with zero attached hydrogens (tertiary/aromatic N) is 1. The van der Waals surface area contributed by atoms with Crippen LogP contribution in [0.3, 0.4) is 0 Å². The van der Waals surface area contributed by atoms with Crippen LogP contribution in [-0.2, 0) is 9.53 Å². The largest absolute Gasteiger partial charge is 0.449 e. The van der Waals surface area contributed by atoms with Crippen LogP contribution in [0.4, 0.5) is 11.4 Å². The third-order valence-corrected chi connectivity index (χ3v) is 2.99. The maximum absolute atomic E-state index is 12.0. The van der Waals surface area contributed by atoms with Crippen molar-refractivity contribution in [3.8, 4) is 0 Å². The number of hydrogen-bond acceptors (Lipinski definition) is 5. The molecule has 0 aromatic heterocycles. The Bertz CT molecular complexity index is 730. The van der Waals surface area contributed by atoms with E-state index in [-0.39, 0.29) is 11.3 Å². The van der Waals surface area contributed by atoms with E-state index >= 15 is 0 Å². The van der Waals surface area contributed by atoms with Crippen LogP contribution in [0.2, 0.25) is 0 Å². The molecule has 1 atom stereocenters. The van der Waals surface area contributed by atoms with Crippen LogP contribution in [0.1, 0.15) is 17.3 Å². The Morgan fingerprint density at radius 1 is 1.13 bits per heavy atom. The van der Waals surface area contributed by atoms with Crippen molar-refractivity contribution in [2.75, 3.05) is 5.32 Å². The predicted octanol–water partition coefficient (Wildman–Crippen LogP) is 2.78. The highest BCUT2D eigenvalue weighted by atomic mass is 16.6. The van der Waals surface area contributed by atoms with Crippen LogP contribution >= 0.6 is 0 Å². The lowest BCUT2D eigenvalue weighted by Crippen LogP contribution is -2.30. The molecule has 0 radical (unpaired) electrons. The van der Waals surface area contributed by atoms with Crippen LogP contribution < -0.4 is 5.32 Å². The second-order valence-electron chi connectivity index (χ2n) is 4.71. The summed E-state index contributed by atoms with van der Waals surface area (Å²) in [5.41, 5.74) is 0.371. The number of rotatable bonds is 5. The van der Waals surface area contributed by atoms with Crippen molar-refractivity contribution in [3.05, 3.63) is 70.3 Å². The van der Waals surface area contributed by atoms with Crippen molar-refractivity contribution in [1.82, 2.24) is 0 Å². The second kappa shape index (κ2) is 7.17. The van der Waals surface area contributed by atoms with E-state index in [0.717, 1.165) is 6.07 Å². The molecule has 7 heteroatoms. The number of amides is 1. The number of esters is 1. The monoisotopic (exact) mass is 314 g/mol. The summed E-state index contributed by atoms with van der Waals surface area (Å²) in [6.07, 6.45) is -1.04. The fourth-order valence-electron chi connectivity index (χ4n) is 1.79. The molecular weight excluding hydrogens is 300 g/mol. The molecule has 0 spiro atoms. The lowest BCUT2D eigenvalue weighted by atomic mass is 10.2. The summed E-state index contributed by atoms with van der Waals surface area (Å²) < 4.78 is 5.03. The molecule has 0 saturated carbocycles. The molecule has 0 aliphatic heterocycles. The predicted molar refractivity (Wildman–Crippen MR) is 83.0 cm³/mol. The van der Waals surface area contributed by atoms with Crippen molar-refractivity contribution >= 4 is 23.3 Å². The highest BCUT2D eigenvalue weighted by Crippen LogP contribution is 2.15. The molecule has 0 bridgehead atoms. The van der Waals surface area contributed by atoms with E-state index in [4.69, 9.17) is 4.74 Å². The normalized spacial score (nSPS) is 11.3. The molecule has 7 nitrogen and oxygen atoms in total. The topological polar surface area (TPSA) is 98.5 Å². The van der Waals surface area contributed by atoms with Gasteiger partial charge in [-0.3, -0.25) is 14.9 Å². The van der Waals surface area contributed by atoms with Gasteiger partial charge in [0.05, 0.1) is 10.5 Å². The fraction of sp³-hybridized carbons (Fsp3) is 0.125. The van der Waals surface area contributed by atoms with Gasteiger partial charge in [0.1, 0.15) is 0 Å². The third kappa shape index (κ3) is 4.37. The number of nitrogens with one attached hydrogen (secondary N) is 1. The zero-order valence-electron chi connectivity index (χ0n) is 12.3. The van der Waals surface area contributed by atoms with Crippen molar-refractivity contribution in [1.29, 1.82) is 0 Å². The Balaban J connectivity index is 2.00. The average molecular weight is 314 g/mol. The Kier molecular flexibility index (Phi) is 5.03. The molecule has 0 aliphatic carbocycles. The Morgan fingerprint density at radius 3 is 2.48 bits per heavy atom. The third-order valence-electron chi connectivity index (χ3n) is 2.99. The maximum atomic E-state index is 12.0. The summed E-state index contributed by atoms with van der Waals surface area (Å²) in [6.45, 7) is 1.42. The quantitative estimate of drug-likeness (QED) is 0.520. The molecule has 0 unspecified atom stereocenters. The van der Waals surface area contributed by atoms with Crippen LogP contribution in [0.25, 0.3) is 0 Å². The van der Waals surface area contributed by atoms with Crippen molar-refractivity contribution < 1.29 is 19.2 Å². The molecule has 23 heavy (non-hydrogen) atoms. The summed E-state index contributed by atoms with van der Waals surface area (Å²) in [4.78, 5) is 34.0. The van der Waals surface area contributed by atoms with Crippen molar-refractivity contribution in [2.45, 2.75) is 13.0 Å². The zero-order valence-corrected chi connectivity index (χ0v) is 12.3. The minimum absolute atomic E-state index is 0.0126. The zero-order chi connectivity index (χ0) is 16.8. The number of ether oxygens (including phenoxy) is 1. The number of carbonyl (C=O) groups is 2. The molecule has 0 saturated heterocycles. The van der Waals surface area contributed by atoms with Gasteiger partial charge in [0.2, 0.25) is 0 Å². The molecule has 0 fully saturated rings. The molecule has 2 aromatic rings. The van der Waals surface area contributed by atoms with E-state index in [1.807, 2.05) is 0 Å². The number of anilines is 1. The van der Waals surface area contributed by atoms with Crippen molar-refractivity contribution in [2.24, 2.45) is 0 Å². The summed E-state index contributed by atoms with van der Waals surface area (Å²) in [7, 11) is 0. The molecular formula is C16H14N2O5. The minimum atomic E-state index is -1.04. The molecule has 2 aromatic carbocycles. The lowest BCUT2D eigenvalue weighted by Gasteiger charge is -2.13. The smallest absolute Gasteiger partial charge is 0.339 e. The Labute approximate surface area is 132 Å². The number of nitro groups is 1. The van der Waals surface area contributed by atoms with Crippen LogP contribution in [0, 0.1) is 10.1 Å². The van der Waals surface area contributed by atoms with E-state index in [9.17, 15) is 19.7 Å². The van der Waals surface area contributed by atoms with Crippen LogP contribution in [0.15, 0.2) is 54.6 Å². The summed E-state index contributed by atoms with van der Waals surface area (Å²) in [6, 6.07) is 13.9. The van der Waals surface area contributed by atoms with Crippen LogP contribution in [0.5, 0.6) is 0 Å². The van der Waals surface area contributed by atoms with Gasteiger partial charge in [-0.1, -0.05) is 24.3 Å². The van der Waals surface area contributed by atoms with Crippen molar-refractivity contribution in [3.63, 3.8) is 0 Å². The summed E-state index contributed by atoms with van der Waals surface area (Å²) in [5, 5.41) is 13.3. The van der Waals surface area contributed by atoms with Gasteiger partial charge >= 0.3 is 5.97 Å². The van der Waals surface area contributed by atoms with E-state index < -0.39 is 22.9 Å².